The molecule has 3 atom stereocenters. The third-order valence-corrected chi connectivity index (χ3v) is 8.72. The Kier molecular flexibility index (Phi) is 14.2. The van der Waals surface area contributed by atoms with E-state index in [1.165, 1.54) is 0 Å². The van der Waals surface area contributed by atoms with Crippen LogP contribution in [-0.4, -0.2) is 59.4 Å². The van der Waals surface area contributed by atoms with Crippen LogP contribution < -0.4 is 32.7 Å². The Morgan fingerprint density at radius 1 is 0.648 bits per heavy atom. The van der Waals surface area contributed by atoms with Crippen molar-refractivity contribution in [2.75, 3.05) is 6.54 Å². The van der Waals surface area contributed by atoms with Gasteiger partial charge in [-0.05, 0) is 41.2 Å². The van der Waals surface area contributed by atoms with Gasteiger partial charge in [0.1, 0.15) is 24.7 Å². The van der Waals surface area contributed by atoms with Gasteiger partial charge in [0.15, 0.2) is 5.96 Å². The molecule has 0 bridgehead atoms. The molecule has 54 heavy (non-hydrogen) atoms. The molecule has 1 heterocycles. The molecule has 0 saturated carbocycles. The molecule has 0 fully saturated rings. The van der Waals surface area contributed by atoms with Crippen LogP contribution in [0, 0.1) is 0 Å². The van der Waals surface area contributed by atoms with Crippen molar-refractivity contribution >= 4 is 40.7 Å². The number of benzene rings is 4. The predicted molar refractivity (Wildman–Crippen MR) is 208 cm³/mol. The zero-order valence-electron chi connectivity index (χ0n) is 29.9. The Morgan fingerprint density at radius 2 is 1.22 bits per heavy atom. The topological polar surface area (TPSA) is 206 Å². The van der Waals surface area contributed by atoms with Gasteiger partial charge in [-0.15, -0.1) is 0 Å². The van der Waals surface area contributed by atoms with Crippen LogP contribution in [0.1, 0.15) is 35.1 Å². The predicted octanol–water partition coefficient (Wildman–Crippen LogP) is 3.59. The molecule has 13 nitrogen and oxygen atoms in total. The third kappa shape index (κ3) is 12.0. The lowest BCUT2D eigenvalue weighted by atomic mass is 10.0. The first-order valence-electron chi connectivity index (χ1n) is 17.8. The summed E-state index contributed by atoms with van der Waals surface area (Å²) in [6, 6.07) is 32.4. The van der Waals surface area contributed by atoms with Crippen molar-refractivity contribution < 1.29 is 23.9 Å². The number of amides is 4. The lowest BCUT2D eigenvalue weighted by Crippen LogP contribution is -2.57. The maximum absolute atomic E-state index is 14.3. The average Bonchev–Trinajstić information content (AvgIpc) is 3.60. The molecule has 0 aliphatic heterocycles. The normalized spacial score (nSPS) is 12.4. The summed E-state index contributed by atoms with van der Waals surface area (Å²) in [7, 11) is 0. The van der Waals surface area contributed by atoms with E-state index in [0.717, 1.165) is 33.2 Å². The monoisotopic (exact) mass is 730 g/mol. The zero-order valence-corrected chi connectivity index (χ0v) is 29.9. The van der Waals surface area contributed by atoms with Gasteiger partial charge < -0.3 is 42.5 Å². The van der Waals surface area contributed by atoms with Gasteiger partial charge >= 0.3 is 6.09 Å². The second-order valence-corrected chi connectivity index (χ2v) is 12.8. The summed E-state index contributed by atoms with van der Waals surface area (Å²) in [6.07, 6.45) is 1.76. The molecule has 5 aromatic rings. The second kappa shape index (κ2) is 19.8. The number of aromatic amines is 1. The van der Waals surface area contributed by atoms with Gasteiger partial charge in [-0.2, -0.15) is 0 Å². The molecule has 0 aliphatic carbocycles. The van der Waals surface area contributed by atoms with Gasteiger partial charge in [0, 0.05) is 43.0 Å². The Balaban J connectivity index is 1.37. The molecule has 0 saturated heterocycles. The number of nitrogens with two attached hydrogens (primary N) is 2. The van der Waals surface area contributed by atoms with Crippen molar-refractivity contribution in [2.45, 2.75) is 57.0 Å². The minimum Gasteiger partial charge on any atom is -0.445 e. The standard InChI is InChI=1S/C41H46N8O5/c42-40(43)44-22-12-21-34(49-41(53)54-27-30-17-8-3-9-18-30)38(51)48-36(24-31-26-45-33-20-11-10-19-32(31)33)39(52)47-35(23-28-13-4-1-5-14-28)37(50)46-25-29-15-6-2-7-16-29/h1-11,13-20,26,34-36,45H,12,21-25,27H2,(H,46,50)(H,47,52)(H,48,51)(H,49,53)(H4,42,43,44)/t34-,35-,36-/m0/s1. The van der Waals surface area contributed by atoms with Crippen LogP contribution in [-0.2, 0) is 45.1 Å². The number of nitrogens with zero attached hydrogens (tertiary/aromatic N) is 1. The minimum absolute atomic E-state index is 0.00422. The van der Waals surface area contributed by atoms with Crippen molar-refractivity contribution in [2.24, 2.45) is 16.5 Å². The van der Waals surface area contributed by atoms with E-state index in [-0.39, 0.29) is 50.8 Å². The molecular weight excluding hydrogens is 685 g/mol. The molecule has 280 valence electrons. The lowest BCUT2D eigenvalue weighted by molar-refractivity contribution is -0.132. The number of ether oxygens (including phenoxy) is 1. The highest BCUT2D eigenvalue weighted by molar-refractivity contribution is 5.95. The van der Waals surface area contributed by atoms with Gasteiger partial charge in [0.05, 0.1) is 0 Å². The fourth-order valence-electron chi connectivity index (χ4n) is 5.92. The maximum Gasteiger partial charge on any atom is 0.408 e. The summed E-state index contributed by atoms with van der Waals surface area (Å²) in [6.45, 7) is 0.477. The van der Waals surface area contributed by atoms with Crippen LogP contribution in [0.5, 0.6) is 0 Å². The number of carbonyl (C=O) groups excluding carboxylic acids is 4. The summed E-state index contributed by atoms with van der Waals surface area (Å²) in [5, 5.41) is 12.2. The molecule has 9 N–H and O–H groups in total. The zero-order chi connectivity index (χ0) is 38.1. The van der Waals surface area contributed by atoms with E-state index in [0.29, 0.717) is 6.42 Å². The summed E-state index contributed by atoms with van der Waals surface area (Å²) < 4.78 is 5.40. The number of fused-ring (bicyclic) bond motifs is 1. The van der Waals surface area contributed by atoms with Gasteiger partial charge in [-0.3, -0.25) is 19.4 Å². The minimum atomic E-state index is -1.14. The van der Waals surface area contributed by atoms with Crippen LogP contribution in [0.4, 0.5) is 4.79 Å². The fourth-order valence-corrected chi connectivity index (χ4v) is 5.92. The number of alkyl carbamates (subject to hydrolysis) is 1. The molecule has 13 heteroatoms. The number of carbonyl (C=O) groups is 4. The highest BCUT2D eigenvalue weighted by atomic mass is 16.5. The Hall–Kier alpha value is -6.63. The van der Waals surface area contributed by atoms with Crippen molar-refractivity contribution in [3.8, 4) is 0 Å². The average molecular weight is 731 g/mol. The smallest absolute Gasteiger partial charge is 0.408 e. The number of nitrogens with one attached hydrogen (secondary N) is 5. The molecule has 5 rings (SSSR count). The van der Waals surface area contributed by atoms with Gasteiger partial charge in [-0.25, -0.2) is 4.79 Å². The Morgan fingerprint density at radius 3 is 1.89 bits per heavy atom. The molecule has 0 spiro atoms. The van der Waals surface area contributed by atoms with Crippen LogP contribution >= 0.6 is 0 Å². The molecule has 0 radical (unpaired) electrons. The van der Waals surface area contributed by atoms with E-state index in [2.05, 4.69) is 31.2 Å². The van der Waals surface area contributed by atoms with Crippen molar-refractivity contribution in [1.29, 1.82) is 0 Å². The Labute approximate surface area is 314 Å². The number of aromatic nitrogens is 1. The van der Waals surface area contributed by atoms with Gasteiger partial charge in [-0.1, -0.05) is 109 Å². The van der Waals surface area contributed by atoms with Crippen LogP contribution in [0.15, 0.2) is 126 Å². The first kappa shape index (κ1) is 38.6. The van der Waals surface area contributed by atoms with E-state index in [4.69, 9.17) is 16.2 Å². The van der Waals surface area contributed by atoms with Gasteiger partial charge in [0.2, 0.25) is 17.7 Å². The Bertz CT molecular complexity index is 2000. The largest absolute Gasteiger partial charge is 0.445 e. The van der Waals surface area contributed by atoms with E-state index < -0.39 is 36.0 Å². The first-order valence-corrected chi connectivity index (χ1v) is 17.8. The quantitative estimate of drug-likeness (QED) is 0.0405. The van der Waals surface area contributed by atoms with E-state index >= 15 is 0 Å². The van der Waals surface area contributed by atoms with Crippen LogP contribution in [0.3, 0.4) is 0 Å². The highest BCUT2D eigenvalue weighted by Crippen LogP contribution is 2.20. The summed E-state index contributed by atoms with van der Waals surface area (Å²) in [5.41, 5.74) is 15.1. The van der Waals surface area contributed by atoms with Crippen LogP contribution in [0.25, 0.3) is 10.9 Å². The summed E-state index contributed by atoms with van der Waals surface area (Å²) in [5.74, 6) is -1.67. The number of para-hydroxylation sites is 1. The molecular formula is C41H46N8O5. The number of rotatable bonds is 18. The van der Waals surface area contributed by atoms with Gasteiger partial charge in [0.25, 0.3) is 0 Å². The number of aliphatic imine (C=N–C) groups is 1. The molecule has 1 aromatic heterocycles. The maximum atomic E-state index is 14.3. The SMILES string of the molecule is NC(N)=NCCC[C@H](NC(=O)OCc1ccccc1)C(=O)N[C@@H](Cc1c[nH]c2ccccc12)C(=O)N[C@@H](Cc1ccccc1)C(=O)NCc1ccccc1. The van der Waals surface area contributed by atoms with E-state index in [9.17, 15) is 19.2 Å². The van der Waals surface area contributed by atoms with Crippen LogP contribution in [0.2, 0.25) is 0 Å². The third-order valence-electron chi connectivity index (χ3n) is 8.72. The number of hydrogen-bond donors (Lipinski definition) is 7. The molecule has 0 aliphatic rings. The summed E-state index contributed by atoms with van der Waals surface area (Å²) >= 11 is 0. The second-order valence-electron chi connectivity index (χ2n) is 12.8. The van der Waals surface area contributed by atoms with E-state index in [1.807, 2.05) is 115 Å². The fraction of sp³-hybridized carbons (Fsp3) is 0.244. The van der Waals surface area contributed by atoms with Crippen molar-refractivity contribution in [1.82, 2.24) is 26.3 Å². The molecule has 4 aromatic carbocycles. The first-order chi connectivity index (χ1) is 26.2. The number of guanidine groups is 1. The van der Waals surface area contributed by atoms with E-state index in [1.54, 1.807) is 6.20 Å². The molecule has 0 unspecified atom stereocenters. The number of H-pyrrole nitrogens is 1. The summed E-state index contributed by atoms with van der Waals surface area (Å²) in [4.78, 5) is 62.1. The van der Waals surface area contributed by atoms with Crippen molar-refractivity contribution in [3.05, 3.63) is 144 Å². The highest BCUT2D eigenvalue weighted by Gasteiger charge is 2.31. The van der Waals surface area contributed by atoms with Crippen molar-refractivity contribution in [3.63, 3.8) is 0 Å². The lowest BCUT2D eigenvalue weighted by Gasteiger charge is -2.25. The molecule has 4 amide bonds. The number of hydrogen-bond acceptors (Lipinski definition) is 6.